The first-order chi connectivity index (χ1) is 14.5. The standard InChI is InChI=1S/C22H29N3O5/c1-2-29-22(28)16-7-10-23-21(13-16)25-11-8-17(9-12-25)24-14-19(27)15-30-20-5-3-18(26)4-6-20/h3-7,10,13,17,19,24,26-27H,2,8-9,11-12,14-15H2,1H3. The molecule has 8 nitrogen and oxygen atoms in total. The molecule has 162 valence electrons. The zero-order chi connectivity index (χ0) is 21.3. The molecular formula is C22H29N3O5. The van der Waals surface area contributed by atoms with Crippen LogP contribution in [0.1, 0.15) is 30.1 Å². The van der Waals surface area contributed by atoms with Crippen molar-refractivity contribution in [1.29, 1.82) is 0 Å². The molecule has 0 radical (unpaired) electrons. The highest BCUT2D eigenvalue weighted by Crippen LogP contribution is 2.20. The summed E-state index contributed by atoms with van der Waals surface area (Å²) < 4.78 is 10.6. The topological polar surface area (TPSA) is 104 Å². The minimum Gasteiger partial charge on any atom is -0.508 e. The molecule has 1 atom stereocenters. The minimum absolute atomic E-state index is 0.179. The van der Waals surface area contributed by atoms with Crippen LogP contribution in [0.3, 0.4) is 0 Å². The number of esters is 1. The number of anilines is 1. The van der Waals surface area contributed by atoms with Crippen molar-refractivity contribution in [3.05, 3.63) is 48.2 Å². The average molecular weight is 415 g/mol. The smallest absolute Gasteiger partial charge is 0.338 e. The quantitative estimate of drug-likeness (QED) is 0.534. The fourth-order valence-corrected chi connectivity index (χ4v) is 3.34. The van der Waals surface area contributed by atoms with Crippen LogP contribution in [-0.4, -0.2) is 66.2 Å². The van der Waals surface area contributed by atoms with Gasteiger partial charge < -0.3 is 29.9 Å². The number of piperidine rings is 1. The lowest BCUT2D eigenvalue weighted by atomic mass is 10.0. The number of rotatable bonds is 9. The van der Waals surface area contributed by atoms with Crippen molar-refractivity contribution in [2.45, 2.75) is 31.9 Å². The number of phenolic OH excluding ortho intramolecular Hbond substituents is 1. The Bertz CT molecular complexity index is 807. The molecule has 0 bridgehead atoms. The molecular weight excluding hydrogens is 386 g/mol. The van der Waals surface area contributed by atoms with E-state index in [2.05, 4.69) is 15.2 Å². The summed E-state index contributed by atoms with van der Waals surface area (Å²) in [7, 11) is 0. The average Bonchev–Trinajstić information content (AvgIpc) is 2.78. The summed E-state index contributed by atoms with van der Waals surface area (Å²) in [6, 6.07) is 10.2. The Balaban J connectivity index is 1.39. The van der Waals surface area contributed by atoms with Crippen LogP contribution in [0.5, 0.6) is 11.5 Å². The number of aliphatic hydroxyl groups excluding tert-OH is 1. The van der Waals surface area contributed by atoms with Crippen LogP contribution < -0.4 is 15.0 Å². The number of ether oxygens (including phenoxy) is 2. The van der Waals surface area contributed by atoms with E-state index in [9.17, 15) is 15.0 Å². The summed E-state index contributed by atoms with van der Waals surface area (Å²) >= 11 is 0. The Morgan fingerprint density at radius 3 is 2.70 bits per heavy atom. The molecule has 1 aliphatic rings. The van der Waals surface area contributed by atoms with E-state index < -0.39 is 6.10 Å². The monoisotopic (exact) mass is 415 g/mol. The number of hydrogen-bond donors (Lipinski definition) is 3. The van der Waals surface area contributed by atoms with Gasteiger partial charge in [-0.25, -0.2) is 9.78 Å². The van der Waals surface area contributed by atoms with Gasteiger partial charge in [-0.1, -0.05) is 0 Å². The molecule has 3 N–H and O–H groups in total. The third kappa shape index (κ3) is 6.33. The zero-order valence-electron chi connectivity index (χ0n) is 17.2. The summed E-state index contributed by atoms with van der Waals surface area (Å²) in [5.74, 6) is 1.24. The van der Waals surface area contributed by atoms with Gasteiger partial charge in [0, 0.05) is 31.9 Å². The number of carbonyl (C=O) groups excluding carboxylic acids is 1. The van der Waals surface area contributed by atoms with E-state index in [4.69, 9.17) is 9.47 Å². The van der Waals surface area contributed by atoms with Gasteiger partial charge in [0.15, 0.2) is 0 Å². The van der Waals surface area contributed by atoms with Crippen LogP contribution in [0, 0.1) is 0 Å². The normalized spacial score (nSPS) is 15.6. The Morgan fingerprint density at radius 1 is 1.27 bits per heavy atom. The first-order valence-electron chi connectivity index (χ1n) is 10.3. The lowest BCUT2D eigenvalue weighted by Gasteiger charge is -2.33. The van der Waals surface area contributed by atoms with E-state index in [1.165, 1.54) is 0 Å². The number of nitrogens with one attached hydrogen (secondary N) is 1. The van der Waals surface area contributed by atoms with Gasteiger partial charge in [-0.05, 0) is 56.2 Å². The number of aromatic hydroxyl groups is 1. The summed E-state index contributed by atoms with van der Waals surface area (Å²) in [6.07, 6.45) is 2.84. The fraction of sp³-hybridized carbons (Fsp3) is 0.455. The molecule has 0 amide bonds. The van der Waals surface area contributed by atoms with Crippen LogP contribution in [0.4, 0.5) is 5.82 Å². The van der Waals surface area contributed by atoms with Crippen LogP contribution in [0.25, 0.3) is 0 Å². The van der Waals surface area contributed by atoms with Crippen LogP contribution >= 0.6 is 0 Å². The van der Waals surface area contributed by atoms with E-state index in [-0.39, 0.29) is 18.3 Å². The summed E-state index contributed by atoms with van der Waals surface area (Å²) in [6.45, 7) is 4.39. The molecule has 8 heteroatoms. The maximum absolute atomic E-state index is 11.9. The molecule has 0 aliphatic carbocycles. The molecule has 0 spiro atoms. The second-order valence-electron chi connectivity index (χ2n) is 7.25. The molecule has 2 heterocycles. The predicted octanol–water partition coefficient (Wildman–Crippen LogP) is 1.96. The molecule has 1 unspecified atom stereocenters. The second kappa shape index (κ2) is 10.8. The largest absolute Gasteiger partial charge is 0.508 e. The second-order valence-corrected chi connectivity index (χ2v) is 7.25. The van der Waals surface area contributed by atoms with Crippen LogP contribution in [0.15, 0.2) is 42.6 Å². The number of aromatic nitrogens is 1. The third-order valence-electron chi connectivity index (χ3n) is 5.00. The van der Waals surface area contributed by atoms with E-state index >= 15 is 0 Å². The lowest BCUT2D eigenvalue weighted by molar-refractivity contribution is 0.0526. The Labute approximate surface area is 176 Å². The number of pyridine rings is 1. The van der Waals surface area contributed by atoms with Crippen molar-refractivity contribution in [2.75, 3.05) is 37.7 Å². The highest BCUT2D eigenvalue weighted by Gasteiger charge is 2.21. The molecule has 1 aliphatic heterocycles. The highest BCUT2D eigenvalue weighted by molar-refractivity contribution is 5.90. The number of carbonyl (C=O) groups is 1. The predicted molar refractivity (Wildman–Crippen MR) is 113 cm³/mol. The van der Waals surface area contributed by atoms with Gasteiger partial charge in [0.1, 0.15) is 30.0 Å². The van der Waals surface area contributed by atoms with E-state index in [0.717, 1.165) is 31.7 Å². The van der Waals surface area contributed by atoms with Gasteiger partial charge in [0.25, 0.3) is 0 Å². The maximum atomic E-state index is 11.9. The SMILES string of the molecule is CCOC(=O)c1ccnc(N2CCC(NCC(O)COc3ccc(O)cc3)CC2)c1. The molecule has 1 aromatic heterocycles. The van der Waals surface area contributed by atoms with Crippen molar-refractivity contribution in [3.8, 4) is 11.5 Å². The van der Waals surface area contributed by atoms with Gasteiger partial charge in [-0.3, -0.25) is 0 Å². The molecule has 30 heavy (non-hydrogen) atoms. The van der Waals surface area contributed by atoms with Crippen molar-refractivity contribution >= 4 is 11.8 Å². The van der Waals surface area contributed by atoms with Crippen molar-refractivity contribution < 1.29 is 24.5 Å². The van der Waals surface area contributed by atoms with Gasteiger partial charge in [-0.15, -0.1) is 0 Å². The zero-order valence-corrected chi connectivity index (χ0v) is 17.2. The van der Waals surface area contributed by atoms with Crippen molar-refractivity contribution in [3.63, 3.8) is 0 Å². The number of hydrogen-bond acceptors (Lipinski definition) is 8. The Kier molecular flexibility index (Phi) is 7.87. The Hall–Kier alpha value is -2.84. The molecule has 3 rings (SSSR count). The first kappa shape index (κ1) is 21.9. The van der Waals surface area contributed by atoms with E-state index in [1.54, 1.807) is 49.5 Å². The molecule has 1 fully saturated rings. The Morgan fingerprint density at radius 2 is 2.00 bits per heavy atom. The fourth-order valence-electron chi connectivity index (χ4n) is 3.34. The summed E-state index contributed by atoms with van der Waals surface area (Å²) in [4.78, 5) is 18.5. The van der Waals surface area contributed by atoms with Gasteiger partial charge in [0.05, 0.1) is 12.2 Å². The number of aliphatic hydroxyl groups is 1. The first-order valence-corrected chi connectivity index (χ1v) is 10.3. The van der Waals surface area contributed by atoms with Crippen LogP contribution in [-0.2, 0) is 4.74 Å². The summed E-state index contributed by atoms with van der Waals surface area (Å²) in [5, 5.41) is 22.8. The molecule has 2 aromatic rings. The summed E-state index contributed by atoms with van der Waals surface area (Å²) in [5.41, 5.74) is 0.513. The molecule has 1 aromatic carbocycles. The van der Waals surface area contributed by atoms with Crippen LogP contribution in [0.2, 0.25) is 0 Å². The lowest BCUT2D eigenvalue weighted by Crippen LogP contribution is -2.45. The van der Waals surface area contributed by atoms with Crippen molar-refractivity contribution in [2.24, 2.45) is 0 Å². The number of phenols is 1. The van der Waals surface area contributed by atoms with Gasteiger partial charge in [-0.2, -0.15) is 0 Å². The number of nitrogens with zero attached hydrogens (tertiary/aromatic N) is 2. The van der Waals surface area contributed by atoms with Gasteiger partial charge >= 0.3 is 5.97 Å². The maximum Gasteiger partial charge on any atom is 0.338 e. The van der Waals surface area contributed by atoms with Gasteiger partial charge in [0.2, 0.25) is 0 Å². The molecule has 1 saturated heterocycles. The third-order valence-corrected chi connectivity index (χ3v) is 5.00. The van der Waals surface area contributed by atoms with E-state index in [1.807, 2.05) is 0 Å². The van der Waals surface area contributed by atoms with E-state index in [0.29, 0.717) is 30.5 Å². The highest BCUT2D eigenvalue weighted by atomic mass is 16.5. The number of benzene rings is 1. The van der Waals surface area contributed by atoms with Crippen molar-refractivity contribution in [1.82, 2.24) is 10.3 Å². The minimum atomic E-state index is -0.625. The molecule has 0 saturated carbocycles.